The number of hydrogen-bond donors (Lipinski definition) is 1. The summed E-state index contributed by atoms with van der Waals surface area (Å²) in [5, 5.41) is 8.40. The van der Waals surface area contributed by atoms with Crippen molar-refractivity contribution in [2.45, 2.75) is 26.4 Å². The van der Waals surface area contributed by atoms with Gasteiger partial charge in [-0.25, -0.2) is 4.79 Å². The molecule has 1 atom stereocenters. The summed E-state index contributed by atoms with van der Waals surface area (Å²) >= 11 is 0. The Hall–Kier alpha value is -0.830. The highest BCUT2D eigenvalue weighted by Gasteiger charge is 2.09. The van der Waals surface area contributed by atoms with Crippen LogP contribution >= 0.6 is 0 Å². The number of carbonyl (C=O) groups is 1. The molecular formula is C8H14O3. The van der Waals surface area contributed by atoms with Crippen LogP contribution in [0.2, 0.25) is 0 Å². The topological polar surface area (TPSA) is 46.5 Å². The first-order chi connectivity index (χ1) is 5.04. The maximum atomic E-state index is 10.2. The second kappa shape index (κ2) is 4.91. The van der Waals surface area contributed by atoms with Crippen molar-refractivity contribution in [3.8, 4) is 0 Å². The first-order valence-electron chi connectivity index (χ1n) is 3.53. The molecule has 0 fully saturated rings. The Morgan fingerprint density at radius 1 is 1.73 bits per heavy atom. The third-order valence-electron chi connectivity index (χ3n) is 1.24. The molecule has 0 aromatic heterocycles. The molecule has 0 rings (SSSR count). The molecule has 11 heavy (non-hydrogen) atoms. The molecule has 0 saturated heterocycles. The van der Waals surface area contributed by atoms with Gasteiger partial charge in [0, 0.05) is 0 Å². The second-order valence-electron chi connectivity index (χ2n) is 2.56. The van der Waals surface area contributed by atoms with Crippen LogP contribution in [-0.2, 0) is 9.53 Å². The second-order valence-corrected chi connectivity index (χ2v) is 2.56. The van der Waals surface area contributed by atoms with Gasteiger partial charge in [-0.15, -0.1) is 6.58 Å². The molecule has 0 heterocycles. The van der Waals surface area contributed by atoms with Crippen LogP contribution in [0.15, 0.2) is 12.2 Å². The molecule has 1 N–H and O–H groups in total. The number of carboxylic acid groups (broad SMARTS) is 1. The molecule has 0 spiro atoms. The lowest BCUT2D eigenvalue weighted by molar-refractivity contribution is -0.149. The van der Waals surface area contributed by atoms with E-state index in [-0.39, 0.29) is 0 Å². The maximum Gasteiger partial charge on any atom is 0.332 e. The van der Waals surface area contributed by atoms with Crippen molar-refractivity contribution in [3.05, 3.63) is 12.2 Å². The first-order valence-corrected chi connectivity index (χ1v) is 3.53. The number of ether oxygens (including phenoxy) is 1. The summed E-state index contributed by atoms with van der Waals surface area (Å²) in [5.41, 5.74) is 1.00. The Kier molecular flexibility index (Phi) is 4.54. The van der Waals surface area contributed by atoms with Gasteiger partial charge in [0.15, 0.2) is 6.10 Å². The molecule has 64 valence electrons. The van der Waals surface area contributed by atoms with Crippen molar-refractivity contribution in [2.75, 3.05) is 6.61 Å². The quantitative estimate of drug-likeness (QED) is 0.616. The molecule has 0 bridgehead atoms. The van der Waals surface area contributed by atoms with Crippen LogP contribution in [0, 0.1) is 0 Å². The van der Waals surface area contributed by atoms with Gasteiger partial charge in [-0.1, -0.05) is 5.57 Å². The zero-order valence-electron chi connectivity index (χ0n) is 6.96. The zero-order valence-corrected chi connectivity index (χ0v) is 6.96. The Bertz CT molecular complexity index is 151. The molecule has 0 amide bonds. The van der Waals surface area contributed by atoms with Gasteiger partial charge in [0.2, 0.25) is 0 Å². The minimum atomic E-state index is -0.924. The molecule has 0 aliphatic rings. The molecule has 0 unspecified atom stereocenters. The number of hydrogen-bond acceptors (Lipinski definition) is 2. The van der Waals surface area contributed by atoms with Crippen LogP contribution in [0.1, 0.15) is 20.3 Å². The van der Waals surface area contributed by atoms with E-state index < -0.39 is 12.1 Å². The summed E-state index contributed by atoms with van der Waals surface area (Å²) in [6, 6.07) is 0. The van der Waals surface area contributed by atoms with Gasteiger partial charge in [0.1, 0.15) is 0 Å². The predicted molar refractivity (Wildman–Crippen MR) is 42.5 cm³/mol. The standard InChI is InChI=1S/C8H14O3/c1-6(2)4-5-11-7(3)8(9)10/h7H,1,4-5H2,2-3H3,(H,9,10)/t7-/m0/s1. The summed E-state index contributed by atoms with van der Waals surface area (Å²) in [6.45, 7) is 7.50. The highest BCUT2D eigenvalue weighted by molar-refractivity contribution is 5.71. The molecule has 0 aromatic carbocycles. The van der Waals surface area contributed by atoms with Crippen LogP contribution in [0.5, 0.6) is 0 Å². The molecule has 0 aliphatic carbocycles. The average molecular weight is 158 g/mol. The van der Waals surface area contributed by atoms with Crippen molar-refractivity contribution < 1.29 is 14.6 Å². The largest absolute Gasteiger partial charge is 0.479 e. The Morgan fingerprint density at radius 2 is 2.27 bits per heavy atom. The molecule has 3 nitrogen and oxygen atoms in total. The molecule has 3 heteroatoms. The SMILES string of the molecule is C=C(C)CCO[C@@H](C)C(=O)O. The highest BCUT2D eigenvalue weighted by Crippen LogP contribution is 1.98. The van der Waals surface area contributed by atoms with E-state index in [9.17, 15) is 4.79 Å². The van der Waals surface area contributed by atoms with Gasteiger partial charge < -0.3 is 9.84 Å². The van der Waals surface area contributed by atoms with E-state index in [1.807, 2.05) is 6.92 Å². The molecule has 0 aliphatic heterocycles. The van der Waals surface area contributed by atoms with Gasteiger partial charge >= 0.3 is 5.97 Å². The molecular weight excluding hydrogens is 144 g/mol. The lowest BCUT2D eigenvalue weighted by Crippen LogP contribution is -2.20. The number of aliphatic carboxylic acids is 1. The fourth-order valence-electron chi connectivity index (χ4n) is 0.481. The van der Waals surface area contributed by atoms with Gasteiger partial charge in [-0.05, 0) is 20.3 Å². The Balaban J connectivity index is 3.39. The van der Waals surface area contributed by atoms with E-state index in [1.54, 1.807) is 0 Å². The summed E-state index contributed by atoms with van der Waals surface area (Å²) < 4.78 is 4.95. The van der Waals surface area contributed by atoms with Crippen LogP contribution in [0.3, 0.4) is 0 Å². The Labute approximate surface area is 66.7 Å². The van der Waals surface area contributed by atoms with E-state index in [0.29, 0.717) is 6.61 Å². The summed E-state index contributed by atoms with van der Waals surface area (Å²) in [6.07, 6.45) is 0.00630. The zero-order chi connectivity index (χ0) is 8.85. The number of rotatable bonds is 5. The molecule has 0 radical (unpaired) electrons. The van der Waals surface area contributed by atoms with E-state index in [2.05, 4.69) is 6.58 Å². The summed E-state index contributed by atoms with van der Waals surface area (Å²) in [7, 11) is 0. The number of carboxylic acids is 1. The molecule has 0 aromatic rings. The van der Waals surface area contributed by atoms with E-state index in [1.165, 1.54) is 6.92 Å². The third-order valence-corrected chi connectivity index (χ3v) is 1.24. The van der Waals surface area contributed by atoms with Crippen LogP contribution in [0.4, 0.5) is 0 Å². The van der Waals surface area contributed by atoms with Crippen LogP contribution < -0.4 is 0 Å². The summed E-state index contributed by atoms with van der Waals surface area (Å²) in [4.78, 5) is 10.2. The van der Waals surface area contributed by atoms with Crippen LogP contribution in [-0.4, -0.2) is 23.8 Å². The van der Waals surface area contributed by atoms with Gasteiger partial charge in [0.25, 0.3) is 0 Å². The maximum absolute atomic E-state index is 10.2. The summed E-state index contributed by atoms with van der Waals surface area (Å²) in [5.74, 6) is -0.924. The van der Waals surface area contributed by atoms with Crippen molar-refractivity contribution in [2.24, 2.45) is 0 Å². The van der Waals surface area contributed by atoms with Crippen molar-refractivity contribution in [3.63, 3.8) is 0 Å². The van der Waals surface area contributed by atoms with Gasteiger partial charge in [-0.3, -0.25) is 0 Å². The molecule has 0 saturated carbocycles. The van der Waals surface area contributed by atoms with E-state index >= 15 is 0 Å². The van der Waals surface area contributed by atoms with Gasteiger partial charge in [0.05, 0.1) is 6.61 Å². The highest BCUT2D eigenvalue weighted by atomic mass is 16.5. The lowest BCUT2D eigenvalue weighted by atomic mass is 10.2. The minimum absolute atomic E-state index is 0.433. The van der Waals surface area contributed by atoms with E-state index in [0.717, 1.165) is 12.0 Å². The fourth-order valence-corrected chi connectivity index (χ4v) is 0.481. The lowest BCUT2D eigenvalue weighted by Gasteiger charge is -2.07. The van der Waals surface area contributed by atoms with E-state index in [4.69, 9.17) is 9.84 Å². The van der Waals surface area contributed by atoms with Crippen molar-refractivity contribution >= 4 is 5.97 Å². The Morgan fingerprint density at radius 3 is 2.64 bits per heavy atom. The van der Waals surface area contributed by atoms with Gasteiger partial charge in [-0.2, -0.15) is 0 Å². The third kappa shape index (κ3) is 5.61. The first kappa shape index (κ1) is 10.2. The average Bonchev–Trinajstić information content (AvgIpc) is 1.86. The monoisotopic (exact) mass is 158 g/mol. The fraction of sp³-hybridized carbons (Fsp3) is 0.625. The minimum Gasteiger partial charge on any atom is -0.479 e. The normalized spacial score (nSPS) is 12.5. The smallest absolute Gasteiger partial charge is 0.332 e. The van der Waals surface area contributed by atoms with Crippen molar-refractivity contribution in [1.29, 1.82) is 0 Å². The van der Waals surface area contributed by atoms with Crippen molar-refractivity contribution in [1.82, 2.24) is 0 Å². The van der Waals surface area contributed by atoms with Crippen LogP contribution in [0.25, 0.3) is 0 Å². The predicted octanol–water partition coefficient (Wildman–Crippen LogP) is 1.44.